The van der Waals surface area contributed by atoms with Gasteiger partial charge in [0.05, 0.1) is 5.56 Å². The van der Waals surface area contributed by atoms with Crippen LogP contribution < -0.4 is 31.7 Å². The zero-order valence-corrected chi connectivity index (χ0v) is 31.2. The second kappa shape index (κ2) is 15.2. The van der Waals surface area contributed by atoms with Crippen molar-refractivity contribution < 1.29 is 44.0 Å². The highest BCUT2D eigenvalue weighted by molar-refractivity contribution is 5.87. The zero-order valence-electron chi connectivity index (χ0n) is 31.2. The number of para-hydroxylation sites is 2. The van der Waals surface area contributed by atoms with Crippen LogP contribution in [-0.4, -0.2) is 62.3 Å². The fourth-order valence-corrected chi connectivity index (χ4v) is 7.32. The molecule has 0 bridgehead atoms. The molecule has 12 nitrogen and oxygen atoms in total. The highest BCUT2D eigenvalue weighted by Crippen LogP contribution is 2.38. The van der Waals surface area contributed by atoms with Crippen molar-refractivity contribution >= 4 is 55.5 Å². The Bertz CT molecular complexity index is 2810. The van der Waals surface area contributed by atoms with E-state index in [2.05, 4.69) is 30.4 Å². The molecule has 0 atom stereocenters. The average Bonchev–Trinajstić information content (AvgIpc) is 3.88. The molecule has 2 N–H and O–H groups in total. The number of nitrogens with one attached hydrogen (secondary N) is 2. The summed E-state index contributed by atoms with van der Waals surface area (Å²) in [5.74, 6) is -0.410. The van der Waals surface area contributed by atoms with Crippen molar-refractivity contribution in [1.29, 1.82) is 0 Å². The second-order valence-corrected chi connectivity index (χ2v) is 14.2. The molecule has 0 radical (unpaired) electrons. The molecular weight excluding hydrogens is 798 g/mol. The molecular formula is C42H32F6N6O6. The normalized spacial score (nSPS) is 15.2. The van der Waals surface area contributed by atoms with E-state index in [1.165, 1.54) is 36.4 Å². The van der Waals surface area contributed by atoms with Crippen molar-refractivity contribution in [1.82, 2.24) is 20.6 Å². The van der Waals surface area contributed by atoms with Crippen molar-refractivity contribution in [3.05, 3.63) is 117 Å². The molecule has 2 aliphatic heterocycles. The van der Waals surface area contributed by atoms with Crippen LogP contribution in [0.5, 0.6) is 0 Å². The molecule has 2 aliphatic rings. The molecule has 0 amide bonds. The fourth-order valence-electron chi connectivity index (χ4n) is 7.32. The van der Waals surface area contributed by atoms with Crippen LogP contribution in [0.3, 0.4) is 0 Å². The molecule has 2 fully saturated rings. The Morgan fingerprint density at radius 3 is 1.57 bits per heavy atom. The summed E-state index contributed by atoms with van der Waals surface area (Å²) in [6.45, 7) is 6.88. The van der Waals surface area contributed by atoms with Gasteiger partial charge >= 0.3 is 23.6 Å². The molecule has 4 aromatic carbocycles. The van der Waals surface area contributed by atoms with E-state index >= 15 is 0 Å². The molecule has 308 valence electrons. The molecule has 18 heteroatoms. The molecule has 60 heavy (non-hydrogen) atoms. The Morgan fingerprint density at radius 1 is 0.533 bits per heavy atom. The lowest BCUT2D eigenvalue weighted by Gasteiger charge is -2.29. The highest BCUT2D eigenvalue weighted by Gasteiger charge is 2.36. The van der Waals surface area contributed by atoms with Gasteiger partial charge in [-0.1, -0.05) is 12.1 Å². The van der Waals surface area contributed by atoms with Gasteiger partial charge in [-0.2, -0.15) is 26.3 Å². The van der Waals surface area contributed by atoms with Crippen molar-refractivity contribution in [2.75, 3.05) is 62.2 Å². The molecule has 8 aromatic rings. The van der Waals surface area contributed by atoms with Crippen LogP contribution in [0.2, 0.25) is 0 Å². The first kappa shape index (κ1) is 38.8. The van der Waals surface area contributed by atoms with Crippen LogP contribution in [0.4, 0.5) is 37.7 Å². The van der Waals surface area contributed by atoms with Gasteiger partial charge in [0.2, 0.25) is 11.8 Å². The number of aromatic nitrogens is 2. The number of halogens is 6. The number of anilines is 2. The summed E-state index contributed by atoms with van der Waals surface area (Å²) in [6.07, 6.45) is -9.17. The lowest BCUT2D eigenvalue weighted by Crippen LogP contribution is -2.43. The van der Waals surface area contributed by atoms with Crippen LogP contribution in [0.15, 0.2) is 112 Å². The van der Waals surface area contributed by atoms with Crippen LogP contribution >= 0.6 is 0 Å². The molecule has 6 heterocycles. The minimum absolute atomic E-state index is 0.0216. The van der Waals surface area contributed by atoms with Gasteiger partial charge in [-0.3, -0.25) is 0 Å². The zero-order chi connectivity index (χ0) is 41.8. The molecule has 4 aromatic heterocycles. The minimum atomic E-state index is -4.59. The monoisotopic (exact) mass is 830 g/mol. The Labute approximate surface area is 334 Å². The number of fused-ring (bicyclic) bond motifs is 4. The van der Waals surface area contributed by atoms with E-state index < -0.39 is 40.3 Å². The average molecular weight is 831 g/mol. The predicted octanol–water partition coefficient (Wildman–Crippen LogP) is 8.06. The topological polar surface area (TPSA) is 143 Å². The fraction of sp³-hybridized carbons (Fsp3) is 0.238. The lowest BCUT2D eigenvalue weighted by atomic mass is 10.1. The van der Waals surface area contributed by atoms with Gasteiger partial charge in [0.15, 0.2) is 11.2 Å². The summed E-state index contributed by atoms with van der Waals surface area (Å²) >= 11 is 0. The maximum absolute atomic E-state index is 13.2. The summed E-state index contributed by atoms with van der Waals surface area (Å²) in [7, 11) is 0. The van der Waals surface area contributed by atoms with E-state index in [0.717, 1.165) is 75.9 Å². The summed E-state index contributed by atoms with van der Waals surface area (Å²) < 4.78 is 101. The second-order valence-electron chi connectivity index (χ2n) is 14.2. The Kier molecular flexibility index (Phi) is 9.82. The van der Waals surface area contributed by atoms with Crippen molar-refractivity contribution in [3.63, 3.8) is 0 Å². The third-order valence-electron chi connectivity index (χ3n) is 10.3. The lowest BCUT2D eigenvalue weighted by molar-refractivity contribution is -0.137. The quantitative estimate of drug-likeness (QED) is 0.131. The summed E-state index contributed by atoms with van der Waals surface area (Å²) in [6, 6.07) is 21.2. The summed E-state index contributed by atoms with van der Waals surface area (Å²) in [4.78, 5) is 37.5. The van der Waals surface area contributed by atoms with E-state index in [9.17, 15) is 35.9 Å². The van der Waals surface area contributed by atoms with Gasteiger partial charge in [0.1, 0.15) is 38.9 Å². The molecule has 2 saturated heterocycles. The van der Waals surface area contributed by atoms with Crippen LogP contribution in [-0.2, 0) is 12.4 Å². The first-order valence-electron chi connectivity index (χ1n) is 18.8. The van der Waals surface area contributed by atoms with Crippen molar-refractivity contribution in [3.8, 4) is 22.9 Å². The largest absolute Gasteiger partial charge is 0.436 e. The van der Waals surface area contributed by atoms with E-state index in [4.69, 9.17) is 17.7 Å². The van der Waals surface area contributed by atoms with Gasteiger partial charge < -0.3 is 38.1 Å². The first-order valence-corrected chi connectivity index (χ1v) is 18.8. The highest BCUT2D eigenvalue weighted by atomic mass is 19.4. The van der Waals surface area contributed by atoms with Gasteiger partial charge in [-0.05, 0) is 60.7 Å². The molecule has 0 unspecified atom stereocenters. The van der Waals surface area contributed by atoms with E-state index in [1.54, 1.807) is 12.1 Å². The number of rotatable bonds is 4. The number of oxazole rings is 2. The number of benzene rings is 4. The Hall–Kier alpha value is -6.66. The first-order chi connectivity index (χ1) is 28.8. The van der Waals surface area contributed by atoms with Gasteiger partial charge in [0, 0.05) is 86.6 Å². The van der Waals surface area contributed by atoms with Gasteiger partial charge in [-0.15, -0.1) is 0 Å². The van der Waals surface area contributed by atoms with E-state index in [0.29, 0.717) is 21.9 Å². The predicted molar refractivity (Wildman–Crippen MR) is 211 cm³/mol. The maximum Gasteiger partial charge on any atom is 0.420 e. The molecule has 0 aliphatic carbocycles. The van der Waals surface area contributed by atoms with Crippen LogP contribution in [0, 0.1) is 0 Å². The number of hydrogen-bond donors (Lipinski definition) is 2. The molecule has 10 rings (SSSR count). The van der Waals surface area contributed by atoms with Crippen LogP contribution in [0.25, 0.3) is 67.0 Å². The third-order valence-corrected chi connectivity index (χ3v) is 10.3. The van der Waals surface area contributed by atoms with Crippen molar-refractivity contribution in [2.45, 2.75) is 12.4 Å². The number of nitrogens with zero attached hydrogens (tertiary/aromatic N) is 4. The molecule has 0 saturated carbocycles. The smallest absolute Gasteiger partial charge is 0.420 e. The Morgan fingerprint density at radius 2 is 1.03 bits per heavy atom. The summed E-state index contributed by atoms with van der Waals surface area (Å²) in [5.41, 5.74) is -1.45. The van der Waals surface area contributed by atoms with Crippen LogP contribution in [0.1, 0.15) is 11.1 Å². The van der Waals surface area contributed by atoms with Gasteiger partial charge in [-0.25, -0.2) is 19.6 Å². The van der Waals surface area contributed by atoms with Crippen molar-refractivity contribution in [2.24, 2.45) is 0 Å². The number of piperazine rings is 2. The number of hydrogen-bond acceptors (Lipinski definition) is 12. The standard InChI is InChI=1S/2C21H16F3N3O3/c22-21(23,24)15-2-1-3-16-18(15)26-19(29-16)14-10-12-4-5-13(11-17(12)30-20(14)28)27-8-6-25-7-9-27;22-21(23,24)15-2-1-3-16-18(15)30-19(26-16)14-10-12-4-5-13(11-17(12)29-20(14)28)27-8-6-25-7-9-27/h2*1-5,10-11,25H,6-9H2. The summed E-state index contributed by atoms with van der Waals surface area (Å²) in [5, 5.41) is 7.81. The molecule has 0 spiro atoms. The third kappa shape index (κ3) is 7.54. The van der Waals surface area contributed by atoms with E-state index in [1.807, 2.05) is 24.3 Å². The minimum Gasteiger partial charge on any atom is -0.436 e. The van der Waals surface area contributed by atoms with Gasteiger partial charge in [0.25, 0.3) is 0 Å². The maximum atomic E-state index is 13.2. The number of alkyl halides is 6. The van der Waals surface area contributed by atoms with E-state index in [-0.39, 0.29) is 39.5 Å². The Balaban J connectivity index is 0.000000154. The SMILES string of the molecule is O=c1oc2cc(N3CCNCC3)ccc2cc1-c1nc2c(C(F)(F)F)cccc2o1.O=c1oc2cc(N3CCNCC3)ccc2cc1-c1nc2cccc(C(F)(F)F)c2o1.